The second-order valence-corrected chi connectivity index (χ2v) is 6.21. The van der Waals surface area contributed by atoms with Crippen molar-refractivity contribution >= 4 is 11.6 Å². The molecule has 0 amide bonds. The lowest BCUT2D eigenvalue weighted by Gasteiger charge is -2.30. The van der Waals surface area contributed by atoms with E-state index in [1.807, 2.05) is 18.2 Å². The van der Waals surface area contributed by atoms with Gasteiger partial charge in [-0.05, 0) is 50.9 Å². The number of benzene rings is 1. The molecule has 110 valence electrons. The van der Waals surface area contributed by atoms with Gasteiger partial charge < -0.3 is 10.1 Å². The topological polar surface area (TPSA) is 24.5 Å². The first kappa shape index (κ1) is 14.2. The Labute approximate surface area is 126 Å². The maximum absolute atomic E-state index is 6.37. The molecule has 0 spiro atoms. The summed E-state index contributed by atoms with van der Waals surface area (Å²) < 4.78 is 5.47. The average molecular weight is 295 g/mol. The summed E-state index contributed by atoms with van der Waals surface area (Å²) >= 11 is 6.37. The van der Waals surface area contributed by atoms with Gasteiger partial charge in [0.1, 0.15) is 5.75 Å². The Morgan fingerprint density at radius 1 is 1.35 bits per heavy atom. The van der Waals surface area contributed by atoms with Gasteiger partial charge in [-0.2, -0.15) is 0 Å². The molecule has 0 aromatic heterocycles. The van der Waals surface area contributed by atoms with E-state index in [0.29, 0.717) is 12.1 Å². The minimum Gasteiger partial charge on any atom is -0.496 e. The third-order valence-electron chi connectivity index (χ3n) is 4.63. The van der Waals surface area contributed by atoms with Crippen molar-refractivity contribution in [2.24, 2.45) is 0 Å². The fourth-order valence-electron chi connectivity index (χ4n) is 3.63. The van der Waals surface area contributed by atoms with E-state index in [1.165, 1.54) is 32.2 Å². The lowest BCUT2D eigenvalue weighted by Crippen LogP contribution is -2.43. The van der Waals surface area contributed by atoms with Crippen molar-refractivity contribution < 1.29 is 4.74 Å². The summed E-state index contributed by atoms with van der Waals surface area (Å²) in [5.41, 5.74) is 1.13. The van der Waals surface area contributed by atoms with Crippen molar-refractivity contribution in [1.29, 1.82) is 0 Å². The van der Waals surface area contributed by atoms with Crippen LogP contribution in [0.25, 0.3) is 0 Å². The van der Waals surface area contributed by atoms with Crippen LogP contribution in [0.1, 0.15) is 31.2 Å². The maximum atomic E-state index is 6.37. The zero-order valence-corrected chi connectivity index (χ0v) is 12.8. The molecular weight excluding hydrogens is 272 g/mol. The van der Waals surface area contributed by atoms with Gasteiger partial charge in [-0.1, -0.05) is 17.7 Å². The van der Waals surface area contributed by atoms with Gasteiger partial charge >= 0.3 is 0 Å². The molecule has 2 atom stereocenters. The van der Waals surface area contributed by atoms with Gasteiger partial charge in [0.2, 0.25) is 0 Å². The summed E-state index contributed by atoms with van der Waals surface area (Å²) in [6, 6.07) is 7.22. The molecule has 3 rings (SSSR count). The molecule has 2 fully saturated rings. The highest BCUT2D eigenvalue weighted by Gasteiger charge is 2.33. The number of halogens is 1. The van der Waals surface area contributed by atoms with E-state index in [0.717, 1.165) is 29.4 Å². The Morgan fingerprint density at radius 2 is 2.25 bits per heavy atom. The number of methoxy groups -OCH3 is 1. The lowest BCUT2D eigenvalue weighted by molar-refractivity contribution is 0.204. The van der Waals surface area contributed by atoms with E-state index < -0.39 is 0 Å². The van der Waals surface area contributed by atoms with Crippen molar-refractivity contribution in [2.75, 3.05) is 20.2 Å². The van der Waals surface area contributed by atoms with Crippen LogP contribution in [-0.4, -0.2) is 37.2 Å². The van der Waals surface area contributed by atoms with Crippen LogP contribution in [0.3, 0.4) is 0 Å². The smallest absolute Gasteiger partial charge is 0.124 e. The molecule has 2 unspecified atom stereocenters. The van der Waals surface area contributed by atoms with Gasteiger partial charge in [-0.15, -0.1) is 0 Å². The molecular formula is C16H23ClN2O. The second-order valence-electron chi connectivity index (χ2n) is 5.80. The quantitative estimate of drug-likeness (QED) is 0.924. The van der Waals surface area contributed by atoms with Gasteiger partial charge in [0.15, 0.2) is 0 Å². The molecule has 2 saturated heterocycles. The standard InChI is InChI=1S/C16H23ClN2O/c1-20-16-8-2-5-13(17)12(16)11-19-10-4-7-15(19)14-6-3-9-18-14/h2,5,8,14-15,18H,3-4,6-7,9-11H2,1H3. The number of rotatable bonds is 4. The van der Waals surface area contributed by atoms with Gasteiger partial charge in [-0.3, -0.25) is 4.90 Å². The molecule has 0 bridgehead atoms. The van der Waals surface area contributed by atoms with Crippen molar-refractivity contribution in [2.45, 2.75) is 44.3 Å². The number of hydrogen-bond acceptors (Lipinski definition) is 3. The fourth-order valence-corrected chi connectivity index (χ4v) is 3.86. The Hall–Kier alpha value is -0.770. The molecule has 0 radical (unpaired) electrons. The first-order valence-corrected chi connectivity index (χ1v) is 7.96. The molecule has 2 aliphatic heterocycles. The highest BCUT2D eigenvalue weighted by molar-refractivity contribution is 6.31. The number of nitrogens with zero attached hydrogens (tertiary/aromatic N) is 1. The van der Waals surface area contributed by atoms with Crippen molar-refractivity contribution in [3.63, 3.8) is 0 Å². The molecule has 2 heterocycles. The third kappa shape index (κ3) is 2.80. The molecule has 1 N–H and O–H groups in total. The van der Waals surface area contributed by atoms with Crippen LogP contribution in [-0.2, 0) is 6.54 Å². The van der Waals surface area contributed by atoms with Crippen molar-refractivity contribution in [3.05, 3.63) is 28.8 Å². The van der Waals surface area contributed by atoms with Crippen LogP contribution in [0.4, 0.5) is 0 Å². The molecule has 1 aromatic rings. The summed E-state index contributed by atoms with van der Waals surface area (Å²) in [7, 11) is 1.72. The van der Waals surface area contributed by atoms with Crippen molar-refractivity contribution in [3.8, 4) is 5.75 Å². The van der Waals surface area contributed by atoms with Crippen LogP contribution in [0, 0.1) is 0 Å². The predicted octanol–water partition coefficient (Wildman–Crippen LogP) is 3.07. The monoisotopic (exact) mass is 294 g/mol. The molecule has 0 aliphatic carbocycles. The van der Waals surface area contributed by atoms with Crippen molar-refractivity contribution in [1.82, 2.24) is 10.2 Å². The number of ether oxygens (including phenoxy) is 1. The van der Waals surface area contributed by atoms with Gasteiger partial charge in [0.05, 0.1) is 7.11 Å². The minimum atomic E-state index is 0.651. The Balaban J connectivity index is 1.76. The lowest BCUT2D eigenvalue weighted by atomic mass is 10.0. The Morgan fingerprint density at radius 3 is 3.00 bits per heavy atom. The number of nitrogens with one attached hydrogen (secondary N) is 1. The fraction of sp³-hybridized carbons (Fsp3) is 0.625. The van der Waals surface area contributed by atoms with E-state index in [9.17, 15) is 0 Å². The predicted molar refractivity (Wildman–Crippen MR) is 82.5 cm³/mol. The van der Waals surface area contributed by atoms with E-state index in [2.05, 4.69) is 10.2 Å². The van der Waals surface area contributed by atoms with E-state index >= 15 is 0 Å². The van der Waals surface area contributed by atoms with Crippen LogP contribution < -0.4 is 10.1 Å². The van der Waals surface area contributed by atoms with Crippen LogP contribution in [0.2, 0.25) is 5.02 Å². The summed E-state index contributed by atoms with van der Waals surface area (Å²) in [4.78, 5) is 2.58. The van der Waals surface area contributed by atoms with Crippen LogP contribution in [0.15, 0.2) is 18.2 Å². The summed E-state index contributed by atoms with van der Waals surface area (Å²) in [5, 5.41) is 4.47. The minimum absolute atomic E-state index is 0.651. The molecule has 3 nitrogen and oxygen atoms in total. The zero-order chi connectivity index (χ0) is 13.9. The Bertz CT molecular complexity index is 460. The highest BCUT2D eigenvalue weighted by Crippen LogP contribution is 2.32. The van der Waals surface area contributed by atoms with E-state index in [-0.39, 0.29) is 0 Å². The first-order chi connectivity index (χ1) is 9.79. The average Bonchev–Trinajstić information content (AvgIpc) is 3.11. The van der Waals surface area contributed by atoms with Gasteiger partial charge in [-0.25, -0.2) is 0 Å². The van der Waals surface area contributed by atoms with Crippen LogP contribution >= 0.6 is 11.6 Å². The molecule has 1 aromatic carbocycles. The number of hydrogen-bond donors (Lipinski definition) is 1. The largest absolute Gasteiger partial charge is 0.496 e. The summed E-state index contributed by atoms with van der Waals surface area (Å²) in [6.45, 7) is 3.23. The molecule has 20 heavy (non-hydrogen) atoms. The highest BCUT2D eigenvalue weighted by atomic mass is 35.5. The number of likely N-dealkylation sites (tertiary alicyclic amines) is 1. The maximum Gasteiger partial charge on any atom is 0.124 e. The normalized spacial score (nSPS) is 27.1. The molecule has 4 heteroatoms. The van der Waals surface area contributed by atoms with Gasteiger partial charge in [0.25, 0.3) is 0 Å². The van der Waals surface area contributed by atoms with E-state index in [1.54, 1.807) is 7.11 Å². The summed E-state index contributed by atoms with van der Waals surface area (Å²) in [5.74, 6) is 0.905. The van der Waals surface area contributed by atoms with E-state index in [4.69, 9.17) is 16.3 Å². The zero-order valence-electron chi connectivity index (χ0n) is 12.1. The molecule has 2 aliphatic rings. The molecule has 0 saturated carbocycles. The third-order valence-corrected chi connectivity index (χ3v) is 4.99. The van der Waals surface area contributed by atoms with Crippen LogP contribution in [0.5, 0.6) is 5.75 Å². The summed E-state index contributed by atoms with van der Waals surface area (Å²) in [6.07, 6.45) is 5.20. The van der Waals surface area contributed by atoms with Gasteiger partial charge in [0, 0.05) is 29.2 Å². The SMILES string of the molecule is COc1cccc(Cl)c1CN1CCCC1C1CCCN1. The Kier molecular flexibility index (Phi) is 4.49. The first-order valence-electron chi connectivity index (χ1n) is 7.58. The second kappa shape index (κ2) is 6.33.